The normalized spacial score (nSPS) is 19.0. The van der Waals surface area contributed by atoms with Crippen molar-refractivity contribution in [2.45, 2.75) is 25.8 Å². The third-order valence-electron chi connectivity index (χ3n) is 4.46. The summed E-state index contributed by atoms with van der Waals surface area (Å²) in [5, 5.41) is 0. The molecule has 3 rings (SSSR count). The second-order valence-corrected chi connectivity index (χ2v) is 5.81. The van der Waals surface area contributed by atoms with Gasteiger partial charge in [-0.05, 0) is 30.7 Å². The minimum Gasteiger partial charge on any atom is -0.347 e. The van der Waals surface area contributed by atoms with Crippen molar-refractivity contribution in [3.63, 3.8) is 0 Å². The number of carbonyl (C=O) groups is 1. The van der Waals surface area contributed by atoms with E-state index < -0.39 is 0 Å². The van der Waals surface area contributed by atoms with Gasteiger partial charge < -0.3 is 9.88 Å². The van der Waals surface area contributed by atoms with Crippen molar-refractivity contribution in [2.24, 2.45) is 0 Å². The van der Waals surface area contributed by atoms with Crippen molar-refractivity contribution in [1.29, 1.82) is 0 Å². The summed E-state index contributed by atoms with van der Waals surface area (Å²) >= 11 is 0. The lowest BCUT2D eigenvalue weighted by atomic mass is 10.1. The third kappa shape index (κ3) is 3.76. The van der Waals surface area contributed by atoms with E-state index in [9.17, 15) is 4.79 Å². The Hall–Kier alpha value is -2.21. The van der Waals surface area contributed by atoms with Gasteiger partial charge >= 0.3 is 0 Å². The first kappa shape index (κ1) is 15.7. The van der Waals surface area contributed by atoms with Gasteiger partial charge in [-0.1, -0.05) is 6.92 Å². The average Bonchev–Trinajstić information content (AvgIpc) is 3.14. The maximum atomic E-state index is 12.5. The number of hydrogen-bond acceptors (Lipinski definition) is 4. The Kier molecular flexibility index (Phi) is 5.02. The predicted octanol–water partition coefficient (Wildman–Crippen LogP) is 1.64. The Labute approximate surface area is 136 Å². The zero-order valence-electron chi connectivity index (χ0n) is 13.5. The minimum absolute atomic E-state index is 0.161. The Morgan fingerprint density at radius 1 is 1.30 bits per heavy atom. The summed E-state index contributed by atoms with van der Waals surface area (Å²) < 4.78 is 0. The van der Waals surface area contributed by atoms with E-state index in [2.05, 4.69) is 26.8 Å². The van der Waals surface area contributed by atoms with Gasteiger partial charge in [-0.2, -0.15) is 0 Å². The summed E-state index contributed by atoms with van der Waals surface area (Å²) in [6.45, 7) is 5.50. The molecule has 1 atom stereocenters. The van der Waals surface area contributed by atoms with Crippen LogP contribution in [0, 0.1) is 0 Å². The molecule has 122 valence electrons. The quantitative estimate of drug-likeness (QED) is 0.911. The molecule has 23 heavy (non-hydrogen) atoms. The van der Waals surface area contributed by atoms with Gasteiger partial charge in [-0.3, -0.25) is 14.7 Å². The summed E-state index contributed by atoms with van der Waals surface area (Å²) in [7, 11) is 0. The maximum absolute atomic E-state index is 12.5. The Balaban J connectivity index is 1.60. The van der Waals surface area contributed by atoms with Crippen molar-refractivity contribution in [3.05, 3.63) is 48.3 Å². The van der Waals surface area contributed by atoms with E-state index in [-0.39, 0.29) is 11.9 Å². The molecule has 0 bridgehead atoms. The number of aryl methyl sites for hydroxylation is 1. The number of nitrogens with one attached hydrogen (secondary N) is 1. The summed E-state index contributed by atoms with van der Waals surface area (Å²) in [4.78, 5) is 28.5. The van der Waals surface area contributed by atoms with Crippen molar-refractivity contribution in [3.8, 4) is 0 Å². The smallest absolute Gasteiger partial charge is 0.223 e. The lowest BCUT2D eigenvalue weighted by molar-refractivity contribution is -0.134. The van der Waals surface area contributed by atoms with Crippen molar-refractivity contribution < 1.29 is 4.79 Å². The van der Waals surface area contributed by atoms with Crippen LogP contribution in [0.1, 0.15) is 30.8 Å². The highest BCUT2D eigenvalue weighted by Gasteiger charge is 2.30. The molecule has 1 aliphatic rings. The first-order valence-corrected chi connectivity index (χ1v) is 8.18. The molecule has 1 amide bonds. The van der Waals surface area contributed by atoms with Gasteiger partial charge in [0.2, 0.25) is 5.91 Å². The summed E-state index contributed by atoms with van der Waals surface area (Å²) in [6, 6.07) is 4.09. The summed E-state index contributed by atoms with van der Waals surface area (Å²) in [5.74, 6) is 1.16. The highest BCUT2D eigenvalue weighted by molar-refractivity contribution is 5.76. The van der Waals surface area contributed by atoms with Gasteiger partial charge in [0.25, 0.3) is 0 Å². The molecule has 2 aromatic rings. The SMILES string of the molecule is CCN1CCN(C(=O)CCc2ccncc2)C[C@@H]1c1ncc[nH]1. The van der Waals surface area contributed by atoms with Crippen LogP contribution >= 0.6 is 0 Å². The maximum Gasteiger partial charge on any atom is 0.223 e. The molecule has 0 radical (unpaired) electrons. The molecule has 0 aromatic carbocycles. The molecule has 1 N–H and O–H groups in total. The van der Waals surface area contributed by atoms with Gasteiger partial charge in [0.05, 0.1) is 6.04 Å². The van der Waals surface area contributed by atoms with Gasteiger partial charge in [-0.15, -0.1) is 0 Å². The van der Waals surface area contributed by atoms with E-state index in [1.165, 1.54) is 0 Å². The molecule has 1 fully saturated rings. The second-order valence-electron chi connectivity index (χ2n) is 5.81. The van der Waals surface area contributed by atoms with E-state index in [0.29, 0.717) is 13.0 Å². The molecule has 1 saturated heterocycles. The van der Waals surface area contributed by atoms with Crippen molar-refractivity contribution >= 4 is 5.91 Å². The number of H-pyrrole nitrogens is 1. The number of rotatable bonds is 5. The van der Waals surface area contributed by atoms with E-state index in [4.69, 9.17) is 0 Å². The zero-order chi connectivity index (χ0) is 16.1. The third-order valence-corrected chi connectivity index (χ3v) is 4.46. The highest BCUT2D eigenvalue weighted by Crippen LogP contribution is 2.23. The van der Waals surface area contributed by atoms with Crippen molar-refractivity contribution in [1.82, 2.24) is 24.8 Å². The van der Waals surface area contributed by atoms with Crippen LogP contribution in [0.2, 0.25) is 0 Å². The minimum atomic E-state index is 0.161. The van der Waals surface area contributed by atoms with E-state index in [1.54, 1.807) is 18.6 Å². The van der Waals surface area contributed by atoms with Gasteiger partial charge in [0.15, 0.2) is 0 Å². The molecular formula is C17H23N5O. The van der Waals surface area contributed by atoms with E-state index in [0.717, 1.165) is 37.4 Å². The molecular weight excluding hydrogens is 290 g/mol. The molecule has 0 unspecified atom stereocenters. The number of nitrogens with zero attached hydrogens (tertiary/aromatic N) is 4. The molecule has 6 nitrogen and oxygen atoms in total. The Morgan fingerprint density at radius 2 is 2.13 bits per heavy atom. The number of likely N-dealkylation sites (N-methyl/N-ethyl adjacent to an activating group) is 1. The van der Waals surface area contributed by atoms with E-state index in [1.807, 2.05) is 23.2 Å². The van der Waals surface area contributed by atoms with Crippen LogP contribution in [0.15, 0.2) is 36.9 Å². The number of aromatic nitrogens is 3. The molecule has 0 aliphatic carbocycles. The number of imidazole rings is 1. The number of hydrogen-bond donors (Lipinski definition) is 1. The topological polar surface area (TPSA) is 65.1 Å². The van der Waals surface area contributed by atoms with E-state index >= 15 is 0 Å². The fraction of sp³-hybridized carbons (Fsp3) is 0.471. The van der Waals surface area contributed by atoms with Crippen LogP contribution in [0.4, 0.5) is 0 Å². The fourth-order valence-electron chi connectivity index (χ4n) is 3.10. The Bertz CT molecular complexity index is 613. The lowest BCUT2D eigenvalue weighted by Crippen LogP contribution is -2.50. The first-order valence-electron chi connectivity index (χ1n) is 8.18. The van der Waals surface area contributed by atoms with Gasteiger partial charge in [0.1, 0.15) is 5.82 Å². The number of pyridine rings is 1. The molecule has 0 saturated carbocycles. The second kappa shape index (κ2) is 7.37. The first-order chi connectivity index (χ1) is 11.3. The molecule has 3 heterocycles. The number of piperazine rings is 1. The monoisotopic (exact) mass is 313 g/mol. The van der Waals surface area contributed by atoms with Crippen LogP contribution in [-0.2, 0) is 11.2 Å². The van der Waals surface area contributed by atoms with Crippen LogP contribution in [0.25, 0.3) is 0 Å². The largest absolute Gasteiger partial charge is 0.347 e. The standard InChI is InChI=1S/C17H23N5O/c1-2-21-11-12-22(13-15(21)17-19-9-10-20-17)16(23)4-3-14-5-7-18-8-6-14/h5-10,15H,2-4,11-13H2,1H3,(H,19,20)/t15-/m1/s1. The summed E-state index contributed by atoms with van der Waals surface area (Å²) in [5.41, 5.74) is 1.16. The number of aromatic amines is 1. The molecule has 2 aromatic heterocycles. The summed E-state index contributed by atoms with van der Waals surface area (Å²) in [6.07, 6.45) is 8.46. The van der Waals surface area contributed by atoms with Crippen LogP contribution in [0.5, 0.6) is 0 Å². The van der Waals surface area contributed by atoms with Crippen molar-refractivity contribution in [2.75, 3.05) is 26.2 Å². The van der Waals surface area contributed by atoms with Crippen LogP contribution in [-0.4, -0.2) is 56.8 Å². The fourth-order valence-corrected chi connectivity index (χ4v) is 3.10. The van der Waals surface area contributed by atoms with Gasteiger partial charge in [0, 0.05) is 50.8 Å². The van der Waals surface area contributed by atoms with Crippen LogP contribution < -0.4 is 0 Å². The van der Waals surface area contributed by atoms with Gasteiger partial charge in [-0.25, -0.2) is 4.98 Å². The Morgan fingerprint density at radius 3 is 2.83 bits per heavy atom. The molecule has 6 heteroatoms. The number of carbonyl (C=O) groups excluding carboxylic acids is 1. The molecule has 1 aliphatic heterocycles. The lowest BCUT2D eigenvalue weighted by Gasteiger charge is -2.40. The van der Waals surface area contributed by atoms with Crippen LogP contribution in [0.3, 0.4) is 0 Å². The highest BCUT2D eigenvalue weighted by atomic mass is 16.2. The zero-order valence-corrected chi connectivity index (χ0v) is 13.5. The number of amides is 1. The average molecular weight is 313 g/mol. The predicted molar refractivity (Wildman–Crippen MR) is 87.7 cm³/mol. The molecule has 0 spiro atoms.